The number of nitrogens with zero attached hydrogens (tertiary/aromatic N) is 2. The van der Waals surface area contributed by atoms with E-state index in [1.54, 1.807) is 0 Å². The molecule has 8 heteroatoms. The minimum absolute atomic E-state index is 0.182. The number of aryl methyl sites for hydroxylation is 2. The second kappa shape index (κ2) is 8.54. The SMILES string of the molecule is Cc1ccc(C(C)(C)N2CC[C@](CCc3ccc(F)s3)(C(C)(C)NS(C)(=O)=O)C2)cn1. The number of sulfonamides is 1. The van der Waals surface area contributed by atoms with Gasteiger partial charge in [-0.15, -0.1) is 11.3 Å². The molecule has 1 aliphatic rings. The Hall–Kier alpha value is -1.35. The van der Waals surface area contributed by atoms with Crippen LogP contribution in [-0.4, -0.2) is 43.2 Å². The average molecular weight is 468 g/mol. The zero-order valence-corrected chi connectivity index (χ0v) is 21.0. The molecule has 0 amide bonds. The molecular weight excluding hydrogens is 433 g/mol. The molecule has 5 nitrogen and oxygen atoms in total. The van der Waals surface area contributed by atoms with Crippen molar-refractivity contribution >= 4 is 21.4 Å². The van der Waals surface area contributed by atoms with Crippen molar-refractivity contribution in [3.8, 4) is 0 Å². The molecule has 1 atom stereocenters. The molecule has 0 bridgehead atoms. The molecule has 31 heavy (non-hydrogen) atoms. The van der Waals surface area contributed by atoms with Crippen LogP contribution in [0.25, 0.3) is 0 Å². The largest absolute Gasteiger partial charge is 0.293 e. The smallest absolute Gasteiger partial charge is 0.209 e. The van der Waals surface area contributed by atoms with Gasteiger partial charge in [0.05, 0.1) is 6.26 Å². The van der Waals surface area contributed by atoms with Crippen molar-refractivity contribution in [1.29, 1.82) is 0 Å². The fraction of sp³-hybridized carbons (Fsp3) is 0.609. The first-order valence-electron chi connectivity index (χ1n) is 10.7. The molecule has 0 radical (unpaired) electrons. The molecule has 2 aromatic rings. The fourth-order valence-corrected chi connectivity index (χ4v) is 6.68. The zero-order valence-electron chi connectivity index (χ0n) is 19.3. The van der Waals surface area contributed by atoms with Crippen molar-refractivity contribution in [2.45, 2.75) is 65.0 Å². The summed E-state index contributed by atoms with van der Waals surface area (Å²) in [6.07, 6.45) is 5.51. The Kier molecular flexibility index (Phi) is 6.69. The van der Waals surface area contributed by atoms with Crippen LogP contribution < -0.4 is 4.72 Å². The molecule has 0 aromatic carbocycles. The van der Waals surface area contributed by atoms with Gasteiger partial charge in [-0.05, 0) is 84.2 Å². The van der Waals surface area contributed by atoms with Crippen LogP contribution >= 0.6 is 11.3 Å². The number of aromatic nitrogens is 1. The standard InChI is InChI=1S/C23H34FN3O2S2/c1-17-7-8-18(15-25-17)21(2,3)27-14-13-23(16-27,22(4,5)26-31(6,28)29)12-11-19-9-10-20(24)30-19/h7-10,15,26H,11-14,16H2,1-6H3/t23-/m0/s1. The average Bonchev–Trinajstić information content (AvgIpc) is 3.26. The first kappa shape index (κ1) is 24.3. The highest BCUT2D eigenvalue weighted by atomic mass is 32.2. The van der Waals surface area contributed by atoms with E-state index in [4.69, 9.17) is 0 Å². The van der Waals surface area contributed by atoms with Crippen molar-refractivity contribution in [2.24, 2.45) is 5.41 Å². The van der Waals surface area contributed by atoms with Gasteiger partial charge in [0.1, 0.15) is 0 Å². The summed E-state index contributed by atoms with van der Waals surface area (Å²) in [5.74, 6) is 0. The van der Waals surface area contributed by atoms with E-state index in [-0.39, 0.29) is 16.1 Å². The zero-order chi connectivity index (χ0) is 23.1. The number of pyridine rings is 1. The van der Waals surface area contributed by atoms with Gasteiger partial charge in [-0.1, -0.05) is 6.07 Å². The lowest BCUT2D eigenvalue weighted by molar-refractivity contribution is 0.0852. The van der Waals surface area contributed by atoms with Gasteiger partial charge in [0.15, 0.2) is 5.13 Å². The number of nitrogens with one attached hydrogen (secondary N) is 1. The Labute approximate surface area is 190 Å². The third-order valence-corrected chi connectivity index (χ3v) is 8.82. The molecule has 1 saturated heterocycles. The van der Waals surface area contributed by atoms with Crippen LogP contribution in [0, 0.1) is 17.5 Å². The summed E-state index contributed by atoms with van der Waals surface area (Å²) in [6, 6.07) is 7.48. The molecular formula is C23H34FN3O2S2. The lowest BCUT2D eigenvalue weighted by Crippen LogP contribution is -2.57. The highest BCUT2D eigenvalue weighted by Gasteiger charge is 2.52. The monoisotopic (exact) mass is 467 g/mol. The summed E-state index contributed by atoms with van der Waals surface area (Å²) >= 11 is 1.17. The predicted octanol–water partition coefficient (Wildman–Crippen LogP) is 4.48. The normalized spacial score (nSPS) is 21.0. The number of likely N-dealkylation sites (tertiary alicyclic amines) is 1. The number of halogens is 1. The molecule has 1 fully saturated rings. The molecule has 0 unspecified atom stereocenters. The van der Waals surface area contributed by atoms with Crippen LogP contribution in [-0.2, 0) is 22.0 Å². The summed E-state index contributed by atoms with van der Waals surface area (Å²) in [4.78, 5) is 7.90. The van der Waals surface area contributed by atoms with Gasteiger partial charge in [-0.2, -0.15) is 4.39 Å². The summed E-state index contributed by atoms with van der Waals surface area (Å²) in [5, 5.41) is -0.182. The van der Waals surface area contributed by atoms with Gasteiger partial charge in [0, 0.05) is 39.8 Å². The number of rotatable bonds is 8. The Morgan fingerprint density at radius 1 is 1.23 bits per heavy atom. The third kappa shape index (κ3) is 5.35. The van der Waals surface area contributed by atoms with Crippen molar-refractivity contribution in [2.75, 3.05) is 19.3 Å². The maximum absolute atomic E-state index is 13.5. The van der Waals surface area contributed by atoms with Gasteiger partial charge in [-0.3, -0.25) is 9.88 Å². The molecule has 3 rings (SSSR count). The van der Waals surface area contributed by atoms with E-state index in [1.807, 2.05) is 39.1 Å². The Morgan fingerprint density at radius 2 is 1.94 bits per heavy atom. The van der Waals surface area contributed by atoms with Crippen LogP contribution in [0.3, 0.4) is 0 Å². The van der Waals surface area contributed by atoms with E-state index in [9.17, 15) is 12.8 Å². The number of thiophene rings is 1. The first-order valence-corrected chi connectivity index (χ1v) is 13.4. The predicted molar refractivity (Wildman–Crippen MR) is 125 cm³/mol. The van der Waals surface area contributed by atoms with Crippen molar-refractivity contribution in [3.05, 3.63) is 51.7 Å². The molecule has 172 valence electrons. The van der Waals surface area contributed by atoms with Gasteiger partial charge in [-0.25, -0.2) is 13.1 Å². The molecule has 3 heterocycles. The van der Waals surface area contributed by atoms with Crippen LogP contribution in [0.5, 0.6) is 0 Å². The Balaban J connectivity index is 1.90. The van der Waals surface area contributed by atoms with Gasteiger partial charge >= 0.3 is 0 Å². The molecule has 1 N–H and O–H groups in total. The summed E-state index contributed by atoms with van der Waals surface area (Å²) in [7, 11) is -3.38. The van der Waals surface area contributed by atoms with Crippen LogP contribution in [0.2, 0.25) is 0 Å². The quantitative estimate of drug-likeness (QED) is 0.622. The minimum atomic E-state index is -3.38. The summed E-state index contributed by atoms with van der Waals surface area (Å²) in [6.45, 7) is 11.9. The number of hydrogen-bond donors (Lipinski definition) is 1. The van der Waals surface area contributed by atoms with E-state index >= 15 is 0 Å². The summed E-state index contributed by atoms with van der Waals surface area (Å²) < 4.78 is 40.8. The topological polar surface area (TPSA) is 62.3 Å². The minimum Gasteiger partial charge on any atom is -0.293 e. The number of hydrogen-bond acceptors (Lipinski definition) is 5. The Morgan fingerprint density at radius 3 is 2.48 bits per heavy atom. The van der Waals surface area contributed by atoms with E-state index in [0.29, 0.717) is 0 Å². The second-order valence-electron chi connectivity index (χ2n) is 9.90. The maximum Gasteiger partial charge on any atom is 0.209 e. The van der Waals surface area contributed by atoms with Crippen LogP contribution in [0.1, 0.15) is 56.7 Å². The van der Waals surface area contributed by atoms with E-state index in [0.717, 1.165) is 48.5 Å². The lowest BCUT2D eigenvalue weighted by atomic mass is 9.68. The van der Waals surface area contributed by atoms with Gasteiger partial charge in [0.25, 0.3) is 0 Å². The maximum atomic E-state index is 13.5. The van der Waals surface area contributed by atoms with Crippen LogP contribution in [0.15, 0.2) is 30.5 Å². The van der Waals surface area contributed by atoms with E-state index < -0.39 is 15.6 Å². The second-order valence-corrected chi connectivity index (χ2v) is 12.8. The highest BCUT2D eigenvalue weighted by Crippen LogP contribution is 2.48. The van der Waals surface area contributed by atoms with Gasteiger partial charge in [0.2, 0.25) is 10.0 Å². The van der Waals surface area contributed by atoms with Gasteiger partial charge < -0.3 is 0 Å². The van der Waals surface area contributed by atoms with Crippen molar-refractivity contribution in [3.63, 3.8) is 0 Å². The molecule has 2 aromatic heterocycles. The van der Waals surface area contributed by atoms with Crippen molar-refractivity contribution in [1.82, 2.24) is 14.6 Å². The fourth-order valence-electron chi connectivity index (χ4n) is 4.81. The first-order chi connectivity index (χ1) is 14.2. The summed E-state index contributed by atoms with van der Waals surface area (Å²) in [5.41, 5.74) is 0.956. The Bertz CT molecular complexity index is 1020. The van der Waals surface area contributed by atoms with E-state index in [2.05, 4.69) is 34.5 Å². The molecule has 0 aliphatic carbocycles. The highest BCUT2D eigenvalue weighted by molar-refractivity contribution is 7.88. The molecule has 0 saturated carbocycles. The molecule has 1 aliphatic heterocycles. The van der Waals surface area contributed by atoms with Crippen LogP contribution in [0.4, 0.5) is 4.39 Å². The molecule has 0 spiro atoms. The van der Waals surface area contributed by atoms with E-state index in [1.165, 1.54) is 23.7 Å². The third-order valence-electron chi connectivity index (χ3n) is 7.01. The lowest BCUT2D eigenvalue weighted by Gasteiger charge is -2.46. The van der Waals surface area contributed by atoms with Crippen molar-refractivity contribution < 1.29 is 12.8 Å².